The lowest BCUT2D eigenvalue weighted by Gasteiger charge is -2.28. The molecule has 0 heterocycles. The number of hydrogen-bond donors (Lipinski definition) is 3. The minimum atomic E-state index is -0.425. The van der Waals surface area contributed by atoms with E-state index in [-0.39, 0.29) is 13.2 Å². The van der Waals surface area contributed by atoms with E-state index in [1.54, 1.807) is 0 Å². The van der Waals surface area contributed by atoms with Crippen LogP contribution in [0.2, 0.25) is 0 Å². The molecule has 0 saturated heterocycles. The summed E-state index contributed by atoms with van der Waals surface area (Å²) in [5.41, 5.74) is 0.433. The number of rotatable bonds is 8. The summed E-state index contributed by atoms with van der Waals surface area (Å²) in [7, 11) is 0. The largest absolute Gasteiger partial charge is 0.492 e. The summed E-state index contributed by atoms with van der Waals surface area (Å²) < 4.78 is 5.65. The lowest BCUT2D eigenvalue weighted by atomic mass is 10.1. The average molecular weight is 253 g/mol. The highest BCUT2D eigenvalue weighted by atomic mass is 16.5. The van der Waals surface area contributed by atoms with Gasteiger partial charge in [0, 0.05) is 0 Å². The Bertz CT molecular complexity index is 339. The molecular formula is C14H23NO3. The molecule has 102 valence electrons. The van der Waals surface area contributed by atoms with Crippen molar-refractivity contribution in [2.75, 3.05) is 19.8 Å². The van der Waals surface area contributed by atoms with E-state index in [1.807, 2.05) is 31.2 Å². The standard InChI is InChI=1S/C14H23NO3/c1-3-8-15-14(2,10-17)11-18-13-6-4-12(9-16)5-7-13/h4-7,15-17H,3,8-11H2,1-2H3. The number of nitrogens with one attached hydrogen (secondary N) is 1. The minimum Gasteiger partial charge on any atom is -0.492 e. The number of benzene rings is 1. The van der Waals surface area contributed by atoms with Gasteiger partial charge in [0.05, 0.1) is 18.8 Å². The highest BCUT2D eigenvalue weighted by molar-refractivity contribution is 5.26. The molecule has 0 aliphatic carbocycles. The van der Waals surface area contributed by atoms with Gasteiger partial charge in [-0.05, 0) is 37.6 Å². The van der Waals surface area contributed by atoms with Crippen LogP contribution < -0.4 is 10.1 Å². The molecule has 0 aromatic heterocycles. The fraction of sp³-hybridized carbons (Fsp3) is 0.571. The minimum absolute atomic E-state index is 0.0295. The Morgan fingerprint density at radius 2 is 1.89 bits per heavy atom. The maximum atomic E-state index is 9.40. The van der Waals surface area contributed by atoms with Crippen molar-refractivity contribution in [3.05, 3.63) is 29.8 Å². The van der Waals surface area contributed by atoms with Crippen LogP contribution in [0.4, 0.5) is 0 Å². The summed E-state index contributed by atoms with van der Waals surface area (Å²) >= 11 is 0. The summed E-state index contributed by atoms with van der Waals surface area (Å²) in [5.74, 6) is 0.741. The van der Waals surface area contributed by atoms with Crippen LogP contribution in [0.25, 0.3) is 0 Å². The number of aliphatic hydroxyl groups is 2. The van der Waals surface area contributed by atoms with Gasteiger partial charge in [0.1, 0.15) is 12.4 Å². The Hall–Kier alpha value is -1.10. The molecule has 0 spiro atoms. The van der Waals surface area contributed by atoms with E-state index >= 15 is 0 Å². The van der Waals surface area contributed by atoms with Gasteiger partial charge < -0.3 is 20.3 Å². The van der Waals surface area contributed by atoms with Crippen molar-refractivity contribution in [3.8, 4) is 5.75 Å². The van der Waals surface area contributed by atoms with Crippen LogP contribution in [-0.2, 0) is 6.61 Å². The monoisotopic (exact) mass is 253 g/mol. The quantitative estimate of drug-likeness (QED) is 0.653. The lowest BCUT2D eigenvalue weighted by molar-refractivity contribution is 0.116. The fourth-order valence-corrected chi connectivity index (χ4v) is 1.51. The molecule has 1 atom stereocenters. The topological polar surface area (TPSA) is 61.7 Å². The van der Waals surface area contributed by atoms with Gasteiger partial charge in [-0.2, -0.15) is 0 Å². The molecule has 4 nitrogen and oxygen atoms in total. The molecule has 4 heteroatoms. The van der Waals surface area contributed by atoms with Gasteiger partial charge in [-0.15, -0.1) is 0 Å². The molecular weight excluding hydrogens is 230 g/mol. The third-order valence-electron chi connectivity index (χ3n) is 2.81. The summed E-state index contributed by atoms with van der Waals surface area (Å²) in [6.45, 7) is 5.34. The smallest absolute Gasteiger partial charge is 0.119 e. The Balaban J connectivity index is 2.50. The van der Waals surface area contributed by atoms with Crippen molar-refractivity contribution in [3.63, 3.8) is 0 Å². The molecule has 1 unspecified atom stereocenters. The number of hydrogen-bond acceptors (Lipinski definition) is 4. The summed E-state index contributed by atoms with van der Waals surface area (Å²) in [5, 5.41) is 21.6. The van der Waals surface area contributed by atoms with E-state index in [0.29, 0.717) is 6.61 Å². The summed E-state index contributed by atoms with van der Waals surface area (Å²) in [6.07, 6.45) is 1.01. The molecule has 0 radical (unpaired) electrons. The molecule has 3 N–H and O–H groups in total. The predicted molar refractivity (Wildman–Crippen MR) is 71.6 cm³/mol. The average Bonchev–Trinajstić information content (AvgIpc) is 2.43. The maximum absolute atomic E-state index is 9.40. The van der Waals surface area contributed by atoms with Crippen molar-refractivity contribution in [2.45, 2.75) is 32.4 Å². The third-order valence-corrected chi connectivity index (χ3v) is 2.81. The van der Waals surface area contributed by atoms with Crippen LogP contribution in [0.1, 0.15) is 25.8 Å². The van der Waals surface area contributed by atoms with Gasteiger partial charge in [0.25, 0.3) is 0 Å². The van der Waals surface area contributed by atoms with E-state index in [4.69, 9.17) is 9.84 Å². The van der Waals surface area contributed by atoms with Gasteiger partial charge in [0.15, 0.2) is 0 Å². The Morgan fingerprint density at radius 1 is 1.22 bits per heavy atom. The van der Waals surface area contributed by atoms with Crippen LogP contribution in [0, 0.1) is 0 Å². The van der Waals surface area contributed by atoms with E-state index in [9.17, 15) is 5.11 Å². The van der Waals surface area contributed by atoms with Crippen molar-refractivity contribution >= 4 is 0 Å². The predicted octanol–water partition coefficient (Wildman–Crippen LogP) is 1.31. The van der Waals surface area contributed by atoms with Crippen molar-refractivity contribution < 1.29 is 14.9 Å². The third kappa shape index (κ3) is 4.64. The second-order valence-electron chi connectivity index (χ2n) is 4.74. The molecule has 0 aliphatic heterocycles. The molecule has 1 aromatic carbocycles. The zero-order chi connectivity index (χ0) is 13.4. The molecule has 0 saturated carbocycles. The zero-order valence-electron chi connectivity index (χ0n) is 11.1. The second-order valence-corrected chi connectivity index (χ2v) is 4.74. The first-order chi connectivity index (χ1) is 8.63. The first-order valence-electron chi connectivity index (χ1n) is 6.32. The molecule has 0 amide bonds. The van der Waals surface area contributed by atoms with Gasteiger partial charge in [-0.3, -0.25) is 0 Å². The highest BCUT2D eigenvalue weighted by Gasteiger charge is 2.23. The van der Waals surface area contributed by atoms with Crippen LogP contribution in [0.15, 0.2) is 24.3 Å². The zero-order valence-corrected chi connectivity index (χ0v) is 11.1. The van der Waals surface area contributed by atoms with Gasteiger partial charge in [0.2, 0.25) is 0 Å². The van der Waals surface area contributed by atoms with Crippen LogP contribution in [0.5, 0.6) is 5.75 Å². The molecule has 1 rings (SSSR count). The Morgan fingerprint density at radius 3 is 2.39 bits per heavy atom. The fourth-order valence-electron chi connectivity index (χ4n) is 1.51. The van der Waals surface area contributed by atoms with E-state index in [1.165, 1.54) is 0 Å². The van der Waals surface area contributed by atoms with Crippen molar-refractivity contribution in [2.24, 2.45) is 0 Å². The van der Waals surface area contributed by atoms with Crippen LogP contribution in [-0.4, -0.2) is 35.5 Å². The highest BCUT2D eigenvalue weighted by Crippen LogP contribution is 2.14. The Kier molecular flexibility index (Phi) is 6.12. The van der Waals surface area contributed by atoms with Crippen LogP contribution in [0.3, 0.4) is 0 Å². The van der Waals surface area contributed by atoms with Gasteiger partial charge in [-0.25, -0.2) is 0 Å². The van der Waals surface area contributed by atoms with Crippen molar-refractivity contribution in [1.82, 2.24) is 5.32 Å². The number of ether oxygens (including phenoxy) is 1. The van der Waals surface area contributed by atoms with E-state index in [2.05, 4.69) is 12.2 Å². The summed E-state index contributed by atoms with van der Waals surface area (Å²) in [6, 6.07) is 7.29. The van der Waals surface area contributed by atoms with E-state index < -0.39 is 5.54 Å². The first-order valence-corrected chi connectivity index (χ1v) is 6.32. The summed E-state index contributed by atoms with van der Waals surface area (Å²) in [4.78, 5) is 0. The first kappa shape index (κ1) is 15.0. The maximum Gasteiger partial charge on any atom is 0.119 e. The molecule has 0 fully saturated rings. The van der Waals surface area contributed by atoms with Gasteiger partial charge in [-0.1, -0.05) is 19.1 Å². The SMILES string of the molecule is CCCNC(C)(CO)COc1ccc(CO)cc1. The normalized spacial score (nSPS) is 14.2. The molecule has 0 bridgehead atoms. The number of aliphatic hydroxyl groups excluding tert-OH is 2. The van der Waals surface area contributed by atoms with E-state index in [0.717, 1.165) is 24.3 Å². The van der Waals surface area contributed by atoms with Gasteiger partial charge >= 0.3 is 0 Å². The Labute approximate surface area is 109 Å². The lowest BCUT2D eigenvalue weighted by Crippen LogP contribution is -2.50. The molecule has 1 aromatic rings. The molecule has 0 aliphatic rings. The molecule has 18 heavy (non-hydrogen) atoms. The second kappa shape index (κ2) is 7.36. The van der Waals surface area contributed by atoms with Crippen molar-refractivity contribution in [1.29, 1.82) is 0 Å². The van der Waals surface area contributed by atoms with Crippen LogP contribution >= 0.6 is 0 Å².